The molecule has 0 fully saturated rings. The zero-order valence-electron chi connectivity index (χ0n) is 40.8. The first-order chi connectivity index (χ1) is 30.0. The van der Waals surface area contributed by atoms with Crippen molar-refractivity contribution in [1.29, 1.82) is 0 Å². The van der Waals surface area contributed by atoms with Crippen molar-refractivity contribution in [2.24, 2.45) is 5.41 Å². The van der Waals surface area contributed by atoms with Crippen molar-refractivity contribution in [3.63, 3.8) is 0 Å². The molecule has 0 aliphatic heterocycles. The molecule has 3 heterocycles. The van der Waals surface area contributed by atoms with Gasteiger partial charge in [0.1, 0.15) is 5.58 Å². The van der Waals surface area contributed by atoms with Crippen LogP contribution in [0.25, 0.3) is 77.1 Å². The van der Waals surface area contributed by atoms with Gasteiger partial charge in [0.2, 0.25) is 0 Å². The van der Waals surface area contributed by atoms with E-state index in [2.05, 4.69) is 58.5 Å². The largest absolute Gasteiger partial charge is 0.501 e. The normalized spacial score (nSPS) is 15.4. The second kappa shape index (κ2) is 15.1. The molecule has 4 heteroatoms. The summed E-state index contributed by atoms with van der Waals surface area (Å²) in [6.45, 7) is -1.51. The van der Waals surface area contributed by atoms with E-state index in [4.69, 9.17) is 19.5 Å². The Balaban J connectivity index is 0.000000225. The van der Waals surface area contributed by atoms with Gasteiger partial charge in [0.25, 0.3) is 0 Å². The van der Waals surface area contributed by atoms with E-state index < -0.39 is 32.3 Å². The number of aryl methyl sites for hydroxylation is 3. The van der Waals surface area contributed by atoms with Crippen molar-refractivity contribution in [3.05, 3.63) is 168 Å². The number of aromatic nitrogens is 2. The summed E-state index contributed by atoms with van der Waals surface area (Å²) in [6, 6.07) is 42.7. The SMILES string of the molecule is [2H]C([2H])([2H])c1c[c-]c(-c2ccc(C([2H])([2H])C(C)(C)C)cn2)cc1.[2H]C([2H])([2H])c1ccc(-c2ccnc(-c3[c-]ccc4c3oc3cc5c(ccc6ccccc65)cc34)c2)c(C([2H])([2H])[2H])c1.[Ir]. The van der Waals surface area contributed by atoms with Crippen LogP contribution in [0.1, 0.15) is 58.1 Å². The summed E-state index contributed by atoms with van der Waals surface area (Å²) >= 11 is 0. The maximum absolute atomic E-state index is 8.25. The van der Waals surface area contributed by atoms with Gasteiger partial charge in [0, 0.05) is 53.0 Å². The third-order valence-corrected chi connectivity index (χ3v) is 9.01. The minimum atomic E-state index is -2.50. The van der Waals surface area contributed by atoms with Crippen LogP contribution in [0.3, 0.4) is 0 Å². The Kier molecular flexibility index (Phi) is 7.17. The van der Waals surface area contributed by atoms with E-state index in [1.54, 1.807) is 48.7 Å². The molecule has 269 valence electrons. The van der Waals surface area contributed by atoms with E-state index in [-0.39, 0.29) is 36.8 Å². The van der Waals surface area contributed by atoms with Crippen molar-refractivity contribution in [2.45, 2.75) is 47.7 Å². The summed E-state index contributed by atoms with van der Waals surface area (Å²) in [5.41, 5.74) is 5.16. The Morgan fingerprint density at radius 1 is 0.704 bits per heavy atom. The fourth-order valence-electron chi connectivity index (χ4n) is 6.61. The van der Waals surface area contributed by atoms with Gasteiger partial charge in [-0.1, -0.05) is 117 Å². The van der Waals surface area contributed by atoms with Gasteiger partial charge < -0.3 is 14.4 Å². The topological polar surface area (TPSA) is 38.9 Å². The van der Waals surface area contributed by atoms with Gasteiger partial charge in [0.05, 0.1) is 5.58 Å². The molecule has 0 bridgehead atoms. The monoisotopic (exact) mass is 890 g/mol. The number of rotatable bonds is 4. The van der Waals surface area contributed by atoms with Crippen LogP contribution in [0.2, 0.25) is 0 Å². The molecule has 0 spiro atoms. The van der Waals surface area contributed by atoms with Crippen molar-refractivity contribution in [1.82, 2.24) is 9.97 Å². The van der Waals surface area contributed by atoms with Crippen LogP contribution in [0, 0.1) is 38.1 Å². The molecule has 3 nitrogen and oxygen atoms in total. The first kappa shape index (κ1) is 25.6. The maximum Gasteiger partial charge on any atom is 0.121 e. The summed E-state index contributed by atoms with van der Waals surface area (Å²) in [6.07, 6.45) is 1.65. The van der Waals surface area contributed by atoms with Crippen molar-refractivity contribution in [2.75, 3.05) is 0 Å². The molecule has 0 amide bonds. The van der Waals surface area contributed by atoms with Gasteiger partial charge in [-0.05, 0) is 98.9 Å². The van der Waals surface area contributed by atoms with Crippen LogP contribution >= 0.6 is 0 Å². The number of furan rings is 1. The average Bonchev–Trinajstić information content (AvgIpc) is 3.62. The van der Waals surface area contributed by atoms with Crippen molar-refractivity contribution in [3.8, 4) is 33.6 Å². The van der Waals surface area contributed by atoms with E-state index in [0.29, 0.717) is 44.8 Å². The summed E-state index contributed by atoms with van der Waals surface area (Å²) in [5.74, 6) is 0. The molecular formula is C50H42IrN2O-2. The van der Waals surface area contributed by atoms with Gasteiger partial charge in [-0.25, -0.2) is 0 Å². The Morgan fingerprint density at radius 2 is 1.56 bits per heavy atom. The quantitative estimate of drug-likeness (QED) is 0.131. The number of nitrogens with zero attached hydrogens (tertiary/aromatic N) is 2. The maximum atomic E-state index is 8.25. The zero-order chi connectivity index (χ0) is 46.0. The summed E-state index contributed by atoms with van der Waals surface area (Å²) in [7, 11) is 0. The van der Waals surface area contributed by atoms with Crippen LogP contribution in [0.4, 0.5) is 0 Å². The molecule has 3 aromatic heterocycles. The number of fused-ring (bicyclic) bond motifs is 6. The molecule has 0 N–H and O–H groups in total. The molecule has 0 saturated carbocycles. The molecule has 9 aromatic rings. The molecule has 0 unspecified atom stereocenters. The number of pyridine rings is 2. The molecular weight excluding hydrogens is 837 g/mol. The van der Waals surface area contributed by atoms with Gasteiger partial charge >= 0.3 is 0 Å². The predicted molar refractivity (Wildman–Crippen MR) is 222 cm³/mol. The van der Waals surface area contributed by atoms with Crippen LogP contribution in [0.15, 0.2) is 138 Å². The van der Waals surface area contributed by atoms with Crippen molar-refractivity contribution >= 4 is 43.5 Å². The Labute approximate surface area is 346 Å². The Hall–Kier alpha value is -5.41. The molecule has 0 aliphatic rings. The molecule has 6 aromatic carbocycles. The average molecular weight is 890 g/mol. The van der Waals surface area contributed by atoms with Crippen LogP contribution in [0.5, 0.6) is 0 Å². The second-order valence-electron chi connectivity index (χ2n) is 14.0. The molecule has 0 saturated heterocycles. The summed E-state index contributed by atoms with van der Waals surface area (Å²) in [5, 5.41) is 6.46. The van der Waals surface area contributed by atoms with Gasteiger partial charge in [-0.2, -0.15) is 0 Å². The summed E-state index contributed by atoms with van der Waals surface area (Å²) < 4.78 is 92.4. The fourth-order valence-corrected chi connectivity index (χ4v) is 6.61. The van der Waals surface area contributed by atoms with E-state index in [1.807, 2.05) is 45.0 Å². The third-order valence-electron chi connectivity index (χ3n) is 9.01. The van der Waals surface area contributed by atoms with Crippen LogP contribution in [-0.2, 0) is 26.5 Å². The number of hydrogen-bond acceptors (Lipinski definition) is 3. The first-order valence-corrected chi connectivity index (χ1v) is 17.3. The van der Waals surface area contributed by atoms with E-state index in [9.17, 15) is 0 Å². The Bertz CT molecular complexity index is 3180. The smallest absolute Gasteiger partial charge is 0.121 e. The molecule has 0 atom stereocenters. The molecule has 54 heavy (non-hydrogen) atoms. The fraction of sp³-hybridized carbons (Fsp3) is 0.160. The third kappa shape index (κ3) is 7.64. The summed E-state index contributed by atoms with van der Waals surface area (Å²) in [4.78, 5) is 8.89. The van der Waals surface area contributed by atoms with Crippen LogP contribution < -0.4 is 0 Å². The van der Waals surface area contributed by atoms with E-state index in [0.717, 1.165) is 37.9 Å². The van der Waals surface area contributed by atoms with Crippen molar-refractivity contribution < 1.29 is 39.6 Å². The molecule has 0 aliphatic carbocycles. The minimum absolute atomic E-state index is 0. The Morgan fingerprint density at radius 3 is 2.33 bits per heavy atom. The molecule has 1 radical (unpaired) electrons. The first-order valence-electron chi connectivity index (χ1n) is 22.8. The van der Waals surface area contributed by atoms with Gasteiger partial charge in [-0.3, -0.25) is 0 Å². The minimum Gasteiger partial charge on any atom is -0.501 e. The van der Waals surface area contributed by atoms with Gasteiger partial charge in [0.15, 0.2) is 0 Å². The number of hydrogen-bond donors (Lipinski definition) is 0. The predicted octanol–water partition coefficient (Wildman–Crippen LogP) is 13.5. The second-order valence-corrected chi connectivity index (χ2v) is 14.0. The van der Waals surface area contributed by atoms with E-state index >= 15 is 0 Å². The zero-order valence-corrected chi connectivity index (χ0v) is 32.2. The van der Waals surface area contributed by atoms with Gasteiger partial charge in [-0.15, -0.1) is 53.6 Å². The molecule has 9 rings (SSSR count). The van der Waals surface area contributed by atoms with E-state index in [1.165, 1.54) is 24.4 Å². The van der Waals surface area contributed by atoms with Crippen LogP contribution in [-0.4, -0.2) is 9.97 Å². The number of benzene rings is 6. The standard InChI is InChI=1S/C33H22NO.C17H20N.Ir/c1-20-10-13-25(21(2)16-20)24-14-15-34-31(18-24)28-9-5-8-27-30-17-23-12-11-22-6-3-4-7-26(22)29(23)19-32(30)35-33(27)28;1-13-5-8-15(9-6-13)16-10-7-14(12-18-16)11-17(2,3)4;/h3-8,10-19H,1-2H3;5-8,10,12H,11H2,1-4H3;/q2*-1;/i1D3,2D3;1D3,11D2;.